The highest BCUT2D eigenvalue weighted by molar-refractivity contribution is 7.49. The Morgan fingerprint density at radius 1 is 1.31 bits per heavy atom. The Balaban J connectivity index is 1.43. The van der Waals surface area contributed by atoms with E-state index in [0.717, 1.165) is 15.7 Å². The zero-order chi connectivity index (χ0) is 20.8. The van der Waals surface area contributed by atoms with Crippen LogP contribution in [0.2, 0.25) is 0 Å². The molecule has 9 nitrogen and oxygen atoms in total. The fraction of sp³-hybridized carbons (Fsp3) is 0.444. The Bertz CT molecular complexity index is 1100. The summed E-state index contributed by atoms with van der Waals surface area (Å²) in [5.74, 6) is 0.400. The third kappa shape index (κ3) is 3.93. The molecule has 0 bridgehead atoms. The van der Waals surface area contributed by atoms with E-state index in [1.54, 1.807) is 12.1 Å². The highest BCUT2D eigenvalue weighted by atomic mass is 31.2. The van der Waals surface area contributed by atoms with Gasteiger partial charge in [0, 0.05) is 23.7 Å². The number of H-pyrrole nitrogens is 1. The number of aromatic amines is 1. The number of aryl methyl sites for hydroxylation is 2. The topological polar surface area (TPSA) is 109 Å². The van der Waals surface area contributed by atoms with Crippen LogP contribution in [0.25, 0.3) is 0 Å². The molecule has 1 fully saturated rings. The van der Waals surface area contributed by atoms with Gasteiger partial charge in [0.2, 0.25) is 0 Å². The number of hydrogen-bond acceptors (Lipinski definition) is 7. The smallest absolute Gasteiger partial charge is 0.404 e. The van der Waals surface area contributed by atoms with Crippen LogP contribution in [-0.2, 0) is 25.0 Å². The summed E-state index contributed by atoms with van der Waals surface area (Å²) in [6.45, 7) is 3.08. The van der Waals surface area contributed by atoms with E-state index in [2.05, 4.69) is 4.98 Å². The van der Waals surface area contributed by atoms with E-state index in [1.165, 1.54) is 13.1 Å². The molecular formula is C18H20FN2O7P. The summed E-state index contributed by atoms with van der Waals surface area (Å²) < 4.78 is 49.8. The van der Waals surface area contributed by atoms with Gasteiger partial charge in [-0.1, -0.05) is 12.1 Å². The molecule has 1 unspecified atom stereocenters. The Hall–Kier alpha value is -2.26. The molecule has 0 aliphatic carbocycles. The molecule has 3 heterocycles. The predicted octanol–water partition coefficient (Wildman–Crippen LogP) is 2.51. The molecule has 1 N–H and O–H groups in total. The first-order valence-electron chi connectivity index (χ1n) is 9.04. The van der Waals surface area contributed by atoms with Crippen LogP contribution in [0.4, 0.5) is 4.39 Å². The Morgan fingerprint density at radius 3 is 2.90 bits per heavy atom. The summed E-state index contributed by atoms with van der Waals surface area (Å²) >= 11 is 0. The maximum absolute atomic E-state index is 14.4. The van der Waals surface area contributed by atoms with Gasteiger partial charge in [-0.25, -0.2) is 13.8 Å². The van der Waals surface area contributed by atoms with E-state index in [1.807, 2.05) is 13.0 Å². The molecule has 0 spiro atoms. The maximum atomic E-state index is 14.4. The van der Waals surface area contributed by atoms with Crippen molar-refractivity contribution in [1.82, 2.24) is 9.55 Å². The molecule has 11 heteroatoms. The number of phosphoric acid groups is 1. The second-order valence-electron chi connectivity index (χ2n) is 7.02. The van der Waals surface area contributed by atoms with Crippen LogP contribution in [0.15, 0.2) is 34.0 Å². The first-order chi connectivity index (χ1) is 13.8. The molecule has 1 aromatic carbocycles. The fourth-order valence-electron chi connectivity index (χ4n) is 3.27. The molecule has 0 amide bonds. The number of phosphoric ester groups is 1. The number of hydrogen-bond donors (Lipinski definition) is 1. The average molecular weight is 426 g/mol. The zero-order valence-corrected chi connectivity index (χ0v) is 16.7. The molecule has 29 heavy (non-hydrogen) atoms. The minimum absolute atomic E-state index is 0.0541. The molecule has 2 aromatic rings. The van der Waals surface area contributed by atoms with Gasteiger partial charge >= 0.3 is 13.5 Å². The second-order valence-corrected chi connectivity index (χ2v) is 8.61. The van der Waals surface area contributed by atoms with Gasteiger partial charge in [0.15, 0.2) is 0 Å². The van der Waals surface area contributed by atoms with E-state index < -0.39 is 37.6 Å². The monoisotopic (exact) mass is 426 g/mol. The standard InChI is InChI=1S/C18H20FN2O7P/c1-10-4-3-5-14-12(10)8-25-29(24,28-14)26-9-15-13(19)6-16(27-15)21-7-11(2)17(22)20-18(21)23/h3-5,7,13,15-16H,6,8-9H2,1-2H3,(H,20,22,23)/t13-,15+,16+,29?/m0/s1. The molecule has 0 radical (unpaired) electrons. The van der Waals surface area contributed by atoms with Crippen LogP contribution >= 0.6 is 7.82 Å². The molecule has 2 aliphatic rings. The van der Waals surface area contributed by atoms with Gasteiger partial charge in [-0.3, -0.25) is 23.4 Å². The van der Waals surface area contributed by atoms with Crippen LogP contribution in [0.3, 0.4) is 0 Å². The molecule has 1 aromatic heterocycles. The fourth-order valence-corrected chi connectivity index (χ4v) is 4.48. The molecule has 0 saturated carbocycles. The first-order valence-corrected chi connectivity index (χ1v) is 10.5. The lowest BCUT2D eigenvalue weighted by molar-refractivity contribution is -0.0370. The van der Waals surface area contributed by atoms with Crippen molar-refractivity contribution in [3.8, 4) is 5.75 Å². The number of benzene rings is 1. The van der Waals surface area contributed by atoms with E-state index in [4.69, 9.17) is 18.3 Å². The van der Waals surface area contributed by atoms with Crippen molar-refractivity contribution in [3.63, 3.8) is 0 Å². The van der Waals surface area contributed by atoms with Gasteiger partial charge in [-0.2, -0.15) is 0 Å². The van der Waals surface area contributed by atoms with Crippen molar-refractivity contribution in [2.45, 2.75) is 45.4 Å². The van der Waals surface area contributed by atoms with Crippen LogP contribution in [-0.4, -0.2) is 28.4 Å². The quantitative estimate of drug-likeness (QED) is 0.749. The van der Waals surface area contributed by atoms with E-state index >= 15 is 0 Å². The number of nitrogens with zero attached hydrogens (tertiary/aromatic N) is 1. The van der Waals surface area contributed by atoms with Crippen LogP contribution in [0.5, 0.6) is 5.75 Å². The Labute approximate surface area is 165 Å². The number of nitrogens with one attached hydrogen (secondary N) is 1. The van der Waals surface area contributed by atoms with Gasteiger partial charge in [0.25, 0.3) is 5.56 Å². The average Bonchev–Trinajstić information content (AvgIpc) is 3.03. The van der Waals surface area contributed by atoms with Crippen molar-refractivity contribution >= 4 is 7.82 Å². The number of halogens is 1. The van der Waals surface area contributed by atoms with Crippen molar-refractivity contribution in [1.29, 1.82) is 0 Å². The number of alkyl halides is 1. The summed E-state index contributed by atoms with van der Waals surface area (Å²) in [5, 5.41) is 0. The lowest BCUT2D eigenvalue weighted by Gasteiger charge is -2.26. The lowest BCUT2D eigenvalue weighted by Crippen LogP contribution is -2.33. The van der Waals surface area contributed by atoms with Crippen molar-refractivity contribution in [2.24, 2.45) is 0 Å². The maximum Gasteiger partial charge on any atom is 0.530 e. The minimum atomic E-state index is -3.92. The van der Waals surface area contributed by atoms with Gasteiger partial charge < -0.3 is 9.26 Å². The molecular weight excluding hydrogens is 406 g/mol. The summed E-state index contributed by atoms with van der Waals surface area (Å²) in [7, 11) is -3.92. The first kappa shape index (κ1) is 20.0. The van der Waals surface area contributed by atoms with Crippen LogP contribution in [0.1, 0.15) is 29.3 Å². The Kier molecular flexibility index (Phi) is 5.20. The third-order valence-corrected chi connectivity index (χ3v) is 6.29. The highest BCUT2D eigenvalue weighted by Gasteiger charge is 2.41. The van der Waals surface area contributed by atoms with Crippen molar-refractivity contribution in [3.05, 3.63) is 61.9 Å². The Morgan fingerprint density at radius 2 is 2.10 bits per heavy atom. The molecule has 4 atom stereocenters. The number of aromatic nitrogens is 2. The minimum Gasteiger partial charge on any atom is -0.404 e. The molecule has 2 aliphatic heterocycles. The van der Waals surface area contributed by atoms with E-state index in [0.29, 0.717) is 11.3 Å². The summed E-state index contributed by atoms with van der Waals surface area (Å²) in [6.07, 6.45) is -2.26. The molecule has 4 rings (SSSR count). The lowest BCUT2D eigenvalue weighted by atomic mass is 10.1. The largest absolute Gasteiger partial charge is 0.530 e. The SMILES string of the molecule is Cc1cccc2c1COP(=O)(OC[C@H]1O[C@@H](n3cc(C)c(=O)[nH]c3=O)C[C@@H]1F)O2. The van der Waals surface area contributed by atoms with Gasteiger partial charge in [-0.15, -0.1) is 0 Å². The number of ether oxygens (including phenoxy) is 1. The van der Waals surface area contributed by atoms with Gasteiger partial charge in [0.1, 0.15) is 24.3 Å². The molecule has 156 valence electrons. The van der Waals surface area contributed by atoms with Crippen molar-refractivity contribution in [2.75, 3.05) is 6.61 Å². The summed E-state index contributed by atoms with van der Waals surface area (Å²) in [4.78, 5) is 25.6. The molecule has 1 saturated heterocycles. The van der Waals surface area contributed by atoms with E-state index in [9.17, 15) is 18.5 Å². The number of fused-ring (bicyclic) bond motifs is 1. The zero-order valence-electron chi connectivity index (χ0n) is 15.8. The predicted molar refractivity (Wildman–Crippen MR) is 99.6 cm³/mol. The number of rotatable bonds is 4. The summed E-state index contributed by atoms with van der Waals surface area (Å²) in [6, 6.07) is 5.30. The second kappa shape index (κ2) is 7.53. The van der Waals surface area contributed by atoms with Crippen molar-refractivity contribution < 1.29 is 27.3 Å². The van der Waals surface area contributed by atoms with Crippen LogP contribution in [0, 0.1) is 13.8 Å². The van der Waals surface area contributed by atoms with Gasteiger partial charge in [-0.05, 0) is 25.5 Å². The highest BCUT2D eigenvalue weighted by Crippen LogP contribution is 2.55. The normalized spacial score (nSPS) is 28.7. The third-order valence-electron chi connectivity index (χ3n) is 4.96. The summed E-state index contributed by atoms with van der Waals surface area (Å²) in [5.41, 5.74) is 0.794. The van der Waals surface area contributed by atoms with E-state index in [-0.39, 0.29) is 19.6 Å². The van der Waals surface area contributed by atoms with Gasteiger partial charge in [0.05, 0.1) is 13.2 Å². The van der Waals surface area contributed by atoms with Crippen LogP contribution < -0.4 is 15.8 Å².